The molecule has 12 heteroatoms. The summed E-state index contributed by atoms with van der Waals surface area (Å²) in [6.07, 6.45) is 53.8. The molecule has 3 N–H and O–H groups in total. The summed E-state index contributed by atoms with van der Waals surface area (Å²) in [5.41, 5.74) is 0. The average Bonchev–Trinajstić information content (AvgIpc) is 3.47. The number of carbonyl (C=O) groups excluding carboxylic acids is 3. The summed E-state index contributed by atoms with van der Waals surface area (Å²) in [5, 5.41) is 31.6. The molecule has 0 saturated carbocycles. The lowest BCUT2D eigenvalue weighted by atomic mass is 9.98. The van der Waals surface area contributed by atoms with E-state index in [1.54, 1.807) is 0 Å². The Labute approximate surface area is 482 Å². The van der Waals surface area contributed by atoms with Gasteiger partial charge in [0.1, 0.15) is 18.8 Å². The van der Waals surface area contributed by atoms with Gasteiger partial charge in [-0.2, -0.15) is 0 Å². The molecule has 460 valence electrons. The normalized spacial score (nSPS) is 18.0. The van der Waals surface area contributed by atoms with Gasteiger partial charge >= 0.3 is 23.9 Å². The van der Waals surface area contributed by atoms with E-state index >= 15 is 0 Å². The van der Waals surface area contributed by atoms with Crippen LogP contribution in [-0.2, 0) is 42.9 Å². The van der Waals surface area contributed by atoms with E-state index in [0.29, 0.717) is 19.3 Å². The Morgan fingerprint density at radius 1 is 0.418 bits per heavy atom. The molecule has 0 amide bonds. The first kappa shape index (κ1) is 74.0. The van der Waals surface area contributed by atoms with Crippen LogP contribution in [0.2, 0.25) is 0 Å². The number of esters is 3. The molecular formula is C67H120O12. The minimum Gasteiger partial charge on any atom is -0.479 e. The van der Waals surface area contributed by atoms with E-state index in [0.717, 1.165) is 89.9 Å². The smallest absolute Gasteiger partial charge is 0.335 e. The first-order valence-corrected chi connectivity index (χ1v) is 33.0. The summed E-state index contributed by atoms with van der Waals surface area (Å²) < 4.78 is 28.5. The van der Waals surface area contributed by atoms with E-state index in [1.165, 1.54) is 167 Å². The standard InChI is InChI=1S/C67H120O12/c1-4-7-10-13-16-19-22-25-27-29-30-32-33-36-38-41-44-47-50-53-59(68)75-56-58(77-60(69)54-51-48-45-42-39-35-24-21-18-15-12-9-6-3)57-76-67-65(63(72)62(71)64(79-67)66(73)74)78-61(70)55-52-49-46-43-40-37-34-31-28-26-23-20-17-14-11-8-5-2/h16,19,25,27,30,32,58,62-65,67,71-72H,4-15,17-18,20-24,26,28-29,31,33-57H2,1-3H3,(H,73,74)/b19-16-,27-25-,32-30-. The number of carboxylic acids is 1. The number of allylic oxidation sites excluding steroid dienone is 6. The second-order valence-corrected chi connectivity index (χ2v) is 22.8. The van der Waals surface area contributed by atoms with Gasteiger partial charge in [0, 0.05) is 19.3 Å². The maximum Gasteiger partial charge on any atom is 0.335 e. The summed E-state index contributed by atoms with van der Waals surface area (Å²) in [7, 11) is 0. The van der Waals surface area contributed by atoms with Crippen molar-refractivity contribution in [1.82, 2.24) is 0 Å². The molecule has 1 fully saturated rings. The monoisotopic (exact) mass is 1120 g/mol. The van der Waals surface area contributed by atoms with Crippen LogP contribution >= 0.6 is 0 Å². The van der Waals surface area contributed by atoms with Gasteiger partial charge in [-0.1, -0.05) is 276 Å². The molecule has 6 atom stereocenters. The minimum atomic E-state index is -1.90. The molecular weight excluding hydrogens is 997 g/mol. The predicted molar refractivity (Wildman–Crippen MR) is 322 cm³/mol. The van der Waals surface area contributed by atoms with Crippen molar-refractivity contribution >= 4 is 23.9 Å². The SMILES string of the molecule is CCCCC/C=C\C/C=C\C/C=C\CCCCCCCCC(=O)OCC(COC1OC(C(=O)O)C(O)C(O)C1OC(=O)CCCCCCCCCCCCCCCCCCC)OC(=O)CCCCCCCCCCCCCCC. The molecule has 1 aliphatic rings. The number of aliphatic hydroxyl groups is 2. The summed E-state index contributed by atoms with van der Waals surface area (Å²) in [6, 6.07) is 0. The largest absolute Gasteiger partial charge is 0.479 e. The molecule has 12 nitrogen and oxygen atoms in total. The molecule has 0 aliphatic carbocycles. The summed E-state index contributed by atoms with van der Waals surface area (Å²) in [4.78, 5) is 51.3. The Bertz CT molecular complexity index is 1510. The molecule has 1 heterocycles. The minimum absolute atomic E-state index is 0.0657. The van der Waals surface area contributed by atoms with E-state index in [-0.39, 0.29) is 25.9 Å². The molecule has 0 bridgehead atoms. The molecule has 0 aromatic rings. The van der Waals surface area contributed by atoms with Gasteiger partial charge in [0.25, 0.3) is 0 Å². The van der Waals surface area contributed by atoms with E-state index in [4.69, 9.17) is 23.7 Å². The topological polar surface area (TPSA) is 175 Å². The number of hydrogen-bond acceptors (Lipinski definition) is 11. The third-order valence-electron chi connectivity index (χ3n) is 15.2. The van der Waals surface area contributed by atoms with Crippen LogP contribution in [0.1, 0.15) is 316 Å². The van der Waals surface area contributed by atoms with Gasteiger partial charge in [0.05, 0.1) is 6.61 Å². The number of hydrogen-bond donors (Lipinski definition) is 3. The van der Waals surface area contributed by atoms with Gasteiger partial charge in [-0.25, -0.2) is 4.79 Å². The second kappa shape index (κ2) is 55.5. The van der Waals surface area contributed by atoms with Crippen molar-refractivity contribution in [2.24, 2.45) is 0 Å². The zero-order valence-corrected chi connectivity index (χ0v) is 50.9. The van der Waals surface area contributed by atoms with Crippen LogP contribution in [0.25, 0.3) is 0 Å². The Hall–Kier alpha value is -3.06. The van der Waals surface area contributed by atoms with E-state index < -0.39 is 67.3 Å². The van der Waals surface area contributed by atoms with Crippen LogP contribution in [-0.4, -0.2) is 89.2 Å². The molecule has 0 radical (unpaired) electrons. The van der Waals surface area contributed by atoms with Crippen LogP contribution in [0.3, 0.4) is 0 Å². The Kier molecular flexibility index (Phi) is 51.9. The molecule has 6 unspecified atom stereocenters. The van der Waals surface area contributed by atoms with Gasteiger partial charge < -0.3 is 39.0 Å². The van der Waals surface area contributed by atoms with Crippen LogP contribution in [0.15, 0.2) is 36.5 Å². The highest BCUT2D eigenvalue weighted by Gasteiger charge is 2.50. The van der Waals surface area contributed by atoms with Crippen molar-refractivity contribution in [1.29, 1.82) is 0 Å². The molecule has 0 aromatic carbocycles. The van der Waals surface area contributed by atoms with Gasteiger partial charge in [-0.3, -0.25) is 14.4 Å². The number of rotatable bonds is 57. The zero-order chi connectivity index (χ0) is 57.5. The van der Waals surface area contributed by atoms with Crippen LogP contribution in [0, 0.1) is 0 Å². The first-order chi connectivity index (χ1) is 38.6. The van der Waals surface area contributed by atoms with Crippen molar-refractivity contribution in [2.45, 2.75) is 353 Å². The van der Waals surface area contributed by atoms with E-state index in [2.05, 4.69) is 57.2 Å². The van der Waals surface area contributed by atoms with E-state index in [1.807, 2.05) is 0 Å². The number of ether oxygens (including phenoxy) is 5. The fraction of sp³-hybridized carbons (Fsp3) is 0.851. The fourth-order valence-electron chi connectivity index (χ4n) is 10.1. The summed E-state index contributed by atoms with van der Waals surface area (Å²) in [5.74, 6) is -3.10. The second-order valence-electron chi connectivity index (χ2n) is 22.8. The number of carbonyl (C=O) groups is 4. The fourth-order valence-corrected chi connectivity index (χ4v) is 10.1. The van der Waals surface area contributed by atoms with E-state index in [9.17, 15) is 34.5 Å². The van der Waals surface area contributed by atoms with Crippen molar-refractivity contribution in [2.75, 3.05) is 13.2 Å². The average molecular weight is 1120 g/mol. The lowest BCUT2D eigenvalue weighted by Crippen LogP contribution is -2.61. The highest BCUT2D eigenvalue weighted by molar-refractivity contribution is 5.74. The van der Waals surface area contributed by atoms with Crippen molar-refractivity contribution in [3.05, 3.63) is 36.5 Å². The lowest BCUT2D eigenvalue weighted by molar-refractivity contribution is -0.301. The number of unbranched alkanes of at least 4 members (excludes halogenated alkanes) is 37. The Morgan fingerprint density at radius 2 is 0.759 bits per heavy atom. The lowest BCUT2D eigenvalue weighted by Gasteiger charge is -2.40. The molecule has 79 heavy (non-hydrogen) atoms. The quantitative estimate of drug-likeness (QED) is 0.0228. The van der Waals surface area contributed by atoms with Crippen LogP contribution in [0.5, 0.6) is 0 Å². The van der Waals surface area contributed by atoms with Crippen molar-refractivity contribution in [3.63, 3.8) is 0 Å². The molecule has 0 spiro atoms. The van der Waals surface area contributed by atoms with Gasteiger partial charge in [0.2, 0.25) is 0 Å². The number of carboxylic acid groups (broad SMARTS) is 1. The van der Waals surface area contributed by atoms with Gasteiger partial charge in [-0.05, 0) is 57.8 Å². The molecule has 1 saturated heterocycles. The third-order valence-corrected chi connectivity index (χ3v) is 15.2. The molecule has 0 aromatic heterocycles. The first-order valence-electron chi connectivity index (χ1n) is 33.0. The molecule has 1 aliphatic heterocycles. The highest BCUT2D eigenvalue weighted by atomic mass is 16.7. The van der Waals surface area contributed by atoms with Gasteiger partial charge in [0.15, 0.2) is 24.6 Å². The Balaban J connectivity index is 2.63. The highest BCUT2D eigenvalue weighted by Crippen LogP contribution is 2.27. The maximum absolute atomic E-state index is 13.2. The van der Waals surface area contributed by atoms with Crippen molar-refractivity contribution < 1.29 is 58.2 Å². The van der Waals surface area contributed by atoms with Crippen LogP contribution < -0.4 is 0 Å². The zero-order valence-electron chi connectivity index (χ0n) is 50.9. The predicted octanol–water partition coefficient (Wildman–Crippen LogP) is 17.6. The van der Waals surface area contributed by atoms with Crippen molar-refractivity contribution in [3.8, 4) is 0 Å². The summed E-state index contributed by atoms with van der Waals surface area (Å²) >= 11 is 0. The van der Waals surface area contributed by atoms with Crippen LogP contribution in [0.4, 0.5) is 0 Å². The summed E-state index contributed by atoms with van der Waals surface area (Å²) in [6.45, 7) is 6.00. The Morgan fingerprint density at radius 3 is 1.18 bits per heavy atom. The number of aliphatic carboxylic acids is 1. The maximum atomic E-state index is 13.2. The molecule has 1 rings (SSSR count). The third kappa shape index (κ3) is 45.2. The van der Waals surface area contributed by atoms with Gasteiger partial charge in [-0.15, -0.1) is 0 Å². The number of aliphatic hydroxyl groups excluding tert-OH is 2.